The fourth-order valence-corrected chi connectivity index (χ4v) is 5.33. The molecular weight excluding hydrogens is 603 g/mol. The van der Waals surface area contributed by atoms with E-state index >= 15 is 0 Å². The third kappa shape index (κ3) is 7.90. The van der Waals surface area contributed by atoms with Crippen molar-refractivity contribution in [1.29, 1.82) is 0 Å². The van der Waals surface area contributed by atoms with E-state index in [0.29, 0.717) is 23.9 Å². The molecule has 1 fully saturated rings. The number of carbonyl (C=O) groups excluding carboxylic acids is 1. The lowest BCUT2D eigenvalue weighted by atomic mass is 9.97. The number of aromatic nitrogens is 2. The van der Waals surface area contributed by atoms with Crippen LogP contribution in [0.1, 0.15) is 57.3 Å². The number of benzene rings is 4. The summed E-state index contributed by atoms with van der Waals surface area (Å²) in [6.45, 7) is -0.419. The Labute approximate surface area is 271 Å². The topological polar surface area (TPSA) is 94.2 Å². The third-order valence-corrected chi connectivity index (χ3v) is 8.12. The molecule has 10 heteroatoms. The van der Waals surface area contributed by atoms with Crippen molar-refractivity contribution in [2.45, 2.75) is 38.0 Å². The summed E-state index contributed by atoms with van der Waals surface area (Å²) in [6, 6.07) is 32.8. The highest BCUT2D eigenvalue weighted by Crippen LogP contribution is 2.32. The molecule has 5 aromatic rings. The molecule has 0 saturated heterocycles. The van der Waals surface area contributed by atoms with Crippen LogP contribution in [0.4, 0.5) is 18.9 Å². The van der Waals surface area contributed by atoms with Crippen LogP contribution in [0.15, 0.2) is 109 Å². The predicted octanol–water partition coefficient (Wildman–Crippen LogP) is 7.31. The van der Waals surface area contributed by atoms with Gasteiger partial charge >= 0.3 is 5.92 Å². The number of alkyl halides is 3. The minimum absolute atomic E-state index is 0.165. The molecule has 0 aliphatic heterocycles. The summed E-state index contributed by atoms with van der Waals surface area (Å²) in [5.74, 6) is -3.14. The van der Waals surface area contributed by atoms with Crippen LogP contribution < -0.4 is 21.1 Å². The molecule has 0 spiro atoms. The van der Waals surface area contributed by atoms with Crippen molar-refractivity contribution >= 4 is 11.6 Å². The summed E-state index contributed by atoms with van der Waals surface area (Å²) >= 11 is 0. The highest BCUT2D eigenvalue weighted by atomic mass is 19.3. The number of rotatable bonds is 14. The van der Waals surface area contributed by atoms with E-state index in [1.807, 2.05) is 72.8 Å². The fraction of sp³-hybridized carbons (Fsp3) is 0.243. The van der Waals surface area contributed by atoms with Gasteiger partial charge in [-0.2, -0.15) is 13.9 Å². The van der Waals surface area contributed by atoms with Gasteiger partial charge in [-0.15, -0.1) is 0 Å². The predicted molar refractivity (Wildman–Crippen MR) is 176 cm³/mol. The lowest BCUT2D eigenvalue weighted by molar-refractivity contribution is -0.0324. The minimum atomic E-state index is -3.85. The van der Waals surface area contributed by atoms with E-state index in [4.69, 9.17) is 10.5 Å². The Hall–Kier alpha value is -4.93. The van der Waals surface area contributed by atoms with Crippen molar-refractivity contribution in [1.82, 2.24) is 15.1 Å². The molecule has 0 radical (unpaired) electrons. The Bertz CT molecular complexity index is 1810. The quantitative estimate of drug-likeness (QED) is 0.119. The Morgan fingerprint density at radius 3 is 2.38 bits per heavy atom. The number of carbonyl (C=O) groups is 1. The van der Waals surface area contributed by atoms with Gasteiger partial charge in [0.1, 0.15) is 23.7 Å². The normalized spacial score (nSPS) is 13.7. The Morgan fingerprint density at radius 1 is 0.915 bits per heavy atom. The van der Waals surface area contributed by atoms with E-state index < -0.39 is 24.2 Å². The molecule has 1 heterocycles. The van der Waals surface area contributed by atoms with Gasteiger partial charge < -0.3 is 21.1 Å². The minimum Gasteiger partial charge on any atom is -0.489 e. The van der Waals surface area contributed by atoms with Gasteiger partial charge in [0.15, 0.2) is 6.67 Å². The monoisotopic (exact) mass is 639 g/mol. The number of ether oxygens (including phenoxy) is 1. The number of nitrogens with one attached hydrogen (secondary N) is 2. The largest absolute Gasteiger partial charge is 0.489 e. The smallest absolute Gasteiger partial charge is 0.319 e. The van der Waals surface area contributed by atoms with Crippen molar-refractivity contribution in [3.05, 3.63) is 143 Å². The Kier molecular flexibility index (Phi) is 9.70. The van der Waals surface area contributed by atoms with E-state index in [0.717, 1.165) is 45.3 Å². The van der Waals surface area contributed by atoms with E-state index in [-0.39, 0.29) is 18.3 Å². The van der Waals surface area contributed by atoms with Gasteiger partial charge in [0.2, 0.25) is 0 Å². The SMILES string of the molecule is NCc1cccc(-n2nc(C(F)(F)CF)cc2C(=O)Nc2cccc(C(NCC3CC3)c3ccc(OCc4ccccc4)cc3)c2)c1. The van der Waals surface area contributed by atoms with Crippen molar-refractivity contribution < 1.29 is 22.7 Å². The Balaban J connectivity index is 1.24. The van der Waals surface area contributed by atoms with Gasteiger partial charge in [0.25, 0.3) is 5.91 Å². The third-order valence-electron chi connectivity index (χ3n) is 8.12. The summed E-state index contributed by atoms with van der Waals surface area (Å²) in [4.78, 5) is 13.6. The lowest BCUT2D eigenvalue weighted by Crippen LogP contribution is -2.25. The zero-order chi connectivity index (χ0) is 32.8. The molecule has 0 bridgehead atoms. The molecule has 1 amide bonds. The maximum atomic E-state index is 14.4. The first-order valence-corrected chi connectivity index (χ1v) is 15.6. The standard InChI is InChI=1S/C37H36F3N5O2/c38-24-37(39,40)34-20-33(45(44-34)31-11-4-8-27(18-31)21-41)36(46)43-30-10-5-9-29(19-30)35(42-22-25-12-13-25)28-14-16-32(17-15-28)47-23-26-6-2-1-3-7-26/h1-11,14-20,25,35,42H,12-13,21-24,41H2,(H,43,46). The molecule has 1 atom stereocenters. The van der Waals surface area contributed by atoms with Gasteiger partial charge in [0, 0.05) is 12.2 Å². The van der Waals surface area contributed by atoms with Crippen LogP contribution in [0, 0.1) is 5.92 Å². The van der Waals surface area contributed by atoms with Gasteiger partial charge in [-0.1, -0.05) is 66.7 Å². The van der Waals surface area contributed by atoms with Crippen molar-refractivity contribution in [2.24, 2.45) is 11.7 Å². The average Bonchev–Trinajstić information content (AvgIpc) is 3.82. The number of halogens is 3. The second-order valence-corrected chi connectivity index (χ2v) is 11.7. The van der Waals surface area contributed by atoms with Gasteiger partial charge in [-0.05, 0) is 90.0 Å². The molecule has 1 unspecified atom stereocenters. The number of hydrogen-bond acceptors (Lipinski definition) is 5. The molecule has 4 aromatic carbocycles. The van der Waals surface area contributed by atoms with Crippen LogP contribution >= 0.6 is 0 Å². The second-order valence-electron chi connectivity index (χ2n) is 11.7. The average molecular weight is 640 g/mol. The summed E-state index contributed by atoms with van der Waals surface area (Å²) in [6.07, 6.45) is 2.38. The number of anilines is 1. The number of nitrogens with zero attached hydrogens (tertiary/aromatic N) is 2. The second kappa shape index (κ2) is 14.2. The van der Waals surface area contributed by atoms with Crippen LogP contribution in [0.3, 0.4) is 0 Å². The molecule has 1 aromatic heterocycles. The zero-order valence-electron chi connectivity index (χ0n) is 25.7. The number of nitrogens with two attached hydrogens (primary N) is 1. The highest BCUT2D eigenvalue weighted by molar-refractivity contribution is 6.03. The zero-order valence-corrected chi connectivity index (χ0v) is 25.7. The van der Waals surface area contributed by atoms with Crippen molar-refractivity contribution in [3.63, 3.8) is 0 Å². The summed E-state index contributed by atoms with van der Waals surface area (Å²) in [7, 11) is 0. The van der Waals surface area contributed by atoms with Crippen LogP contribution in [0.25, 0.3) is 5.69 Å². The van der Waals surface area contributed by atoms with Crippen LogP contribution in [0.2, 0.25) is 0 Å². The molecule has 4 N–H and O–H groups in total. The van der Waals surface area contributed by atoms with Crippen LogP contribution in [-0.2, 0) is 19.1 Å². The molecule has 242 valence electrons. The van der Waals surface area contributed by atoms with E-state index in [9.17, 15) is 18.0 Å². The maximum Gasteiger partial charge on any atom is 0.319 e. The van der Waals surface area contributed by atoms with E-state index in [1.165, 1.54) is 12.8 Å². The summed E-state index contributed by atoms with van der Waals surface area (Å²) < 4.78 is 49.1. The Morgan fingerprint density at radius 2 is 1.66 bits per heavy atom. The molecule has 47 heavy (non-hydrogen) atoms. The maximum absolute atomic E-state index is 14.4. The molecule has 6 rings (SSSR count). The molecule has 1 aliphatic carbocycles. The van der Waals surface area contributed by atoms with Gasteiger partial charge in [0.05, 0.1) is 11.7 Å². The van der Waals surface area contributed by atoms with Crippen molar-refractivity contribution in [2.75, 3.05) is 18.5 Å². The highest BCUT2D eigenvalue weighted by Gasteiger charge is 2.37. The van der Waals surface area contributed by atoms with Crippen LogP contribution in [-0.4, -0.2) is 28.9 Å². The van der Waals surface area contributed by atoms with Crippen molar-refractivity contribution in [3.8, 4) is 11.4 Å². The number of amides is 1. The first-order chi connectivity index (χ1) is 22.8. The molecule has 7 nitrogen and oxygen atoms in total. The molecular formula is C37H36F3N5O2. The summed E-state index contributed by atoms with van der Waals surface area (Å²) in [5, 5.41) is 10.4. The number of hydrogen-bond donors (Lipinski definition) is 3. The molecule has 1 saturated carbocycles. The van der Waals surface area contributed by atoms with Gasteiger partial charge in [-0.3, -0.25) is 4.79 Å². The fourth-order valence-electron chi connectivity index (χ4n) is 5.33. The first kappa shape index (κ1) is 32.0. The van der Waals surface area contributed by atoms with E-state index in [1.54, 1.807) is 30.3 Å². The van der Waals surface area contributed by atoms with Gasteiger partial charge in [-0.25, -0.2) is 9.07 Å². The first-order valence-electron chi connectivity index (χ1n) is 15.6. The lowest BCUT2D eigenvalue weighted by Gasteiger charge is -2.21. The summed E-state index contributed by atoms with van der Waals surface area (Å²) in [5.41, 5.74) is 9.33. The van der Waals surface area contributed by atoms with E-state index in [2.05, 4.69) is 15.7 Å². The molecule has 1 aliphatic rings. The van der Waals surface area contributed by atoms with Crippen LogP contribution in [0.5, 0.6) is 5.75 Å².